The predicted molar refractivity (Wildman–Crippen MR) is 72.5 cm³/mol. The minimum Gasteiger partial charge on any atom is -0.481 e. The van der Waals surface area contributed by atoms with E-state index in [0.717, 1.165) is 11.7 Å². The molecule has 0 spiro atoms. The number of hydrogen-bond donors (Lipinski definition) is 1. The number of methoxy groups -OCH3 is 1. The van der Waals surface area contributed by atoms with Crippen molar-refractivity contribution in [3.8, 4) is 0 Å². The smallest absolute Gasteiger partial charge is 0.306 e. The maximum atomic E-state index is 11.1. The van der Waals surface area contributed by atoms with Crippen LogP contribution >= 0.6 is 11.5 Å². The lowest BCUT2D eigenvalue weighted by Gasteiger charge is -2.34. The van der Waals surface area contributed by atoms with Crippen LogP contribution in [0.4, 0.5) is 5.13 Å². The standard InChI is InChI=1S/C12H19N3O3S/c1-7-6-15(5-4-9(7)11(16)17)12-13-10(14-19-12)8(2)18-3/h7-9H,4-6H2,1-3H3,(H,16,17). The van der Waals surface area contributed by atoms with Gasteiger partial charge in [0.05, 0.1) is 5.92 Å². The van der Waals surface area contributed by atoms with Gasteiger partial charge in [-0.25, -0.2) is 4.98 Å². The summed E-state index contributed by atoms with van der Waals surface area (Å²) in [6, 6.07) is 0. The van der Waals surface area contributed by atoms with Crippen LogP contribution in [0, 0.1) is 11.8 Å². The van der Waals surface area contributed by atoms with Crippen molar-refractivity contribution in [1.82, 2.24) is 9.36 Å². The van der Waals surface area contributed by atoms with Crippen LogP contribution in [-0.4, -0.2) is 40.6 Å². The average molecular weight is 285 g/mol. The van der Waals surface area contributed by atoms with Gasteiger partial charge in [0.2, 0.25) is 5.13 Å². The van der Waals surface area contributed by atoms with E-state index in [1.807, 2.05) is 13.8 Å². The molecule has 0 bridgehead atoms. The van der Waals surface area contributed by atoms with Crippen LogP contribution in [0.3, 0.4) is 0 Å². The molecule has 1 saturated heterocycles. The molecule has 1 aliphatic heterocycles. The second kappa shape index (κ2) is 5.83. The highest BCUT2D eigenvalue weighted by molar-refractivity contribution is 7.09. The number of carboxylic acid groups (broad SMARTS) is 1. The van der Waals surface area contributed by atoms with Crippen LogP contribution in [0.2, 0.25) is 0 Å². The Morgan fingerprint density at radius 1 is 1.63 bits per heavy atom. The summed E-state index contributed by atoms with van der Waals surface area (Å²) >= 11 is 1.35. The van der Waals surface area contributed by atoms with Crippen LogP contribution in [0.1, 0.15) is 32.2 Å². The van der Waals surface area contributed by atoms with Crippen LogP contribution in [0.25, 0.3) is 0 Å². The van der Waals surface area contributed by atoms with Gasteiger partial charge in [-0.3, -0.25) is 4.79 Å². The second-order valence-corrected chi connectivity index (χ2v) is 5.70. The molecule has 0 radical (unpaired) electrons. The summed E-state index contributed by atoms with van der Waals surface area (Å²) in [6.45, 7) is 5.32. The first-order valence-corrected chi connectivity index (χ1v) is 7.14. The van der Waals surface area contributed by atoms with Gasteiger partial charge in [-0.2, -0.15) is 4.37 Å². The highest BCUT2D eigenvalue weighted by Gasteiger charge is 2.32. The molecule has 1 aliphatic rings. The maximum absolute atomic E-state index is 11.1. The van der Waals surface area contributed by atoms with Crippen molar-refractivity contribution in [3.05, 3.63) is 5.82 Å². The summed E-state index contributed by atoms with van der Waals surface area (Å²) in [5, 5.41) is 9.97. The van der Waals surface area contributed by atoms with Crippen LogP contribution in [0.15, 0.2) is 0 Å². The fourth-order valence-electron chi connectivity index (χ4n) is 2.31. The molecule has 19 heavy (non-hydrogen) atoms. The van der Waals surface area contributed by atoms with E-state index in [1.54, 1.807) is 7.11 Å². The number of nitrogens with zero attached hydrogens (tertiary/aromatic N) is 3. The largest absolute Gasteiger partial charge is 0.481 e. The molecule has 2 rings (SSSR count). The molecule has 1 aromatic rings. The molecule has 0 aliphatic carbocycles. The van der Waals surface area contributed by atoms with Crippen LogP contribution < -0.4 is 4.90 Å². The van der Waals surface area contributed by atoms with Gasteiger partial charge in [-0.05, 0) is 19.3 Å². The molecule has 1 fully saturated rings. The number of aromatic nitrogens is 2. The Morgan fingerprint density at radius 3 is 2.95 bits per heavy atom. The van der Waals surface area contributed by atoms with Crippen molar-refractivity contribution in [3.63, 3.8) is 0 Å². The maximum Gasteiger partial charge on any atom is 0.306 e. The third-order valence-corrected chi connectivity index (χ3v) is 4.43. The number of carbonyl (C=O) groups is 1. The predicted octanol–water partition coefficient (Wildman–Crippen LogP) is 1.79. The van der Waals surface area contributed by atoms with Gasteiger partial charge in [-0.15, -0.1) is 0 Å². The number of aliphatic carboxylic acids is 1. The molecular weight excluding hydrogens is 266 g/mol. The van der Waals surface area contributed by atoms with Crippen molar-refractivity contribution < 1.29 is 14.6 Å². The van der Waals surface area contributed by atoms with Crippen LogP contribution in [0.5, 0.6) is 0 Å². The van der Waals surface area contributed by atoms with Crippen molar-refractivity contribution >= 4 is 22.6 Å². The molecule has 0 aromatic carbocycles. The minimum atomic E-state index is -0.696. The Morgan fingerprint density at radius 2 is 2.37 bits per heavy atom. The van der Waals surface area contributed by atoms with Crippen molar-refractivity contribution in [2.24, 2.45) is 11.8 Å². The van der Waals surface area contributed by atoms with E-state index in [-0.39, 0.29) is 17.9 Å². The van der Waals surface area contributed by atoms with Gasteiger partial charge >= 0.3 is 5.97 Å². The van der Waals surface area contributed by atoms with Crippen molar-refractivity contribution in [2.75, 3.05) is 25.1 Å². The van der Waals surface area contributed by atoms with Gasteiger partial charge in [0, 0.05) is 31.7 Å². The van der Waals surface area contributed by atoms with E-state index in [9.17, 15) is 4.79 Å². The number of hydrogen-bond acceptors (Lipinski definition) is 6. The molecule has 6 nitrogen and oxygen atoms in total. The summed E-state index contributed by atoms with van der Waals surface area (Å²) in [7, 11) is 1.63. The topological polar surface area (TPSA) is 75.5 Å². The number of rotatable bonds is 4. The number of ether oxygens (including phenoxy) is 1. The molecule has 3 unspecified atom stereocenters. The molecule has 3 atom stereocenters. The zero-order chi connectivity index (χ0) is 14.0. The van der Waals surface area contributed by atoms with E-state index in [1.165, 1.54) is 11.5 Å². The van der Waals surface area contributed by atoms with Crippen molar-refractivity contribution in [1.29, 1.82) is 0 Å². The van der Waals surface area contributed by atoms with E-state index < -0.39 is 5.97 Å². The van der Waals surface area contributed by atoms with E-state index in [0.29, 0.717) is 18.8 Å². The normalized spacial score (nSPS) is 25.3. The molecule has 7 heteroatoms. The lowest BCUT2D eigenvalue weighted by atomic mass is 9.87. The van der Waals surface area contributed by atoms with Gasteiger partial charge in [0.25, 0.3) is 0 Å². The third-order valence-electron chi connectivity index (χ3n) is 3.64. The van der Waals surface area contributed by atoms with Gasteiger partial charge in [-0.1, -0.05) is 6.92 Å². The molecule has 1 N–H and O–H groups in total. The fraction of sp³-hybridized carbons (Fsp3) is 0.750. The molecule has 2 heterocycles. The first-order chi connectivity index (χ1) is 9.02. The van der Waals surface area contributed by atoms with E-state index >= 15 is 0 Å². The Balaban J connectivity index is 2.04. The highest BCUT2D eigenvalue weighted by Crippen LogP contribution is 2.29. The molecule has 106 valence electrons. The monoisotopic (exact) mass is 285 g/mol. The SMILES string of the molecule is COC(C)c1nsc(N2CCC(C(=O)O)C(C)C2)n1. The summed E-state index contributed by atoms with van der Waals surface area (Å²) < 4.78 is 9.48. The lowest BCUT2D eigenvalue weighted by molar-refractivity contribution is -0.144. The minimum absolute atomic E-state index is 0.112. The molecule has 0 amide bonds. The Labute approximate surface area is 116 Å². The fourth-order valence-corrected chi connectivity index (χ4v) is 3.09. The van der Waals surface area contributed by atoms with Gasteiger partial charge < -0.3 is 14.7 Å². The summed E-state index contributed by atoms with van der Waals surface area (Å²) in [6.07, 6.45) is 0.546. The lowest BCUT2D eigenvalue weighted by Crippen LogP contribution is -2.42. The summed E-state index contributed by atoms with van der Waals surface area (Å²) in [4.78, 5) is 17.7. The summed E-state index contributed by atoms with van der Waals surface area (Å²) in [5.74, 6) is -0.131. The number of anilines is 1. The summed E-state index contributed by atoms with van der Waals surface area (Å²) in [5.41, 5.74) is 0. The van der Waals surface area contributed by atoms with E-state index in [2.05, 4.69) is 14.3 Å². The second-order valence-electron chi connectivity index (χ2n) is 4.97. The number of piperidine rings is 1. The highest BCUT2D eigenvalue weighted by atomic mass is 32.1. The van der Waals surface area contributed by atoms with Gasteiger partial charge in [0.1, 0.15) is 6.10 Å². The van der Waals surface area contributed by atoms with Crippen LogP contribution in [-0.2, 0) is 9.53 Å². The molecular formula is C12H19N3O3S. The third kappa shape index (κ3) is 3.03. The zero-order valence-electron chi connectivity index (χ0n) is 11.4. The number of carboxylic acids is 1. The Kier molecular flexibility index (Phi) is 4.36. The zero-order valence-corrected chi connectivity index (χ0v) is 12.2. The average Bonchev–Trinajstić information content (AvgIpc) is 2.86. The first kappa shape index (κ1) is 14.2. The quantitative estimate of drug-likeness (QED) is 0.909. The van der Waals surface area contributed by atoms with Gasteiger partial charge in [0.15, 0.2) is 5.82 Å². The Hall–Kier alpha value is -1.21. The Bertz CT molecular complexity index is 451. The first-order valence-electron chi connectivity index (χ1n) is 6.37. The molecule has 0 saturated carbocycles. The van der Waals surface area contributed by atoms with E-state index in [4.69, 9.17) is 9.84 Å². The molecule has 1 aromatic heterocycles. The van der Waals surface area contributed by atoms with Crippen molar-refractivity contribution in [2.45, 2.75) is 26.4 Å².